The van der Waals surface area contributed by atoms with Gasteiger partial charge in [0.2, 0.25) is 0 Å². The van der Waals surface area contributed by atoms with E-state index in [2.05, 4.69) is 44.5 Å². The molecular weight excluding hydrogens is 148 g/mol. The maximum atomic E-state index is 2.59. The van der Waals surface area contributed by atoms with E-state index in [4.69, 9.17) is 0 Å². The van der Waals surface area contributed by atoms with Gasteiger partial charge in [-0.2, -0.15) is 0 Å². The smallest absolute Gasteiger partial charge is 0.0200 e. The minimum Gasteiger partial charge on any atom is -0.304 e. The van der Waals surface area contributed by atoms with E-state index in [-0.39, 0.29) is 0 Å². The van der Waals surface area contributed by atoms with Crippen LogP contribution in [0.2, 0.25) is 0 Å². The fourth-order valence-electron chi connectivity index (χ4n) is 2.14. The SMILES string of the molecule is C[C@H]1CN(C)CCN1C(C)(C)C. The summed E-state index contributed by atoms with van der Waals surface area (Å²) in [5, 5.41) is 0. The molecule has 1 atom stereocenters. The van der Waals surface area contributed by atoms with Crippen LogP contribution in [0.4, 0.5) is 0 Å². The average Bonchev–Trinajstić information content (AvgIpc) is 1.83. The van der Waals surface area contributed by atoms with Crippen molar-refractivity contribution in [1.82, 2.24) is 9.80 Å². The Kier molecular flexibility index (Phi) is 2.79. The molecule has 0 aromatic rings. The third-order valence-electron chi connectivity index (χ3n) is 2.69. The highest BCUT2D eigenvalue weighted by Gasteiger charge is 2.29. The van der Waals surface area contributed by atoms with E-state index in [0.717, 1.165) is 0 Å². The van der Waals surface area contributed by atoms with E-state index >= 15 is 0 Å². The quantitative estimate of drug-likeness (QED) is 0.542. The molecular formula is C10H22N2. The van der Waals surface area contributed by atoms with Crippen LogP contribution in [-0.2, 0) is 0 Å². The molecule has 12 heavy (non-hydrogen) atoms. The normalized spacial score (nSPS) is 29.2. The Hall–Kier alpha value is -0.0800. The summed E-state index contributed by atoms with van der Waals surface area (Å²) >= 11 is 0. The number of rotatable bonds is 0. The van der Waals surface area contributed by atoms with Crippen LogP contribution in [0.3, 0.4) is 0 Å². The van der Waals surface area contributed by atoms with Crippen molar-refractivity contribution in [2.24, 2.45) is 0 Å². The molecule has 1 heterocycles. The Morgan fingerprint density at radius 1 is 1.17 bits per heavy atom. The van der Waals surface area contributed by atoms with E-state index in [0.29, 0.717) is 11.6 Å². The molecule has 1 rings (SSSR count). The minimum atomic E-state index is 0.334. The molecule has 2 heteroatoms. The van der Waals surface area contributed by atoms with Gasteiger partial charge in [0.15, 0.2) is 0 Å². The minimum absolute atomic E-state index is 0.334. The van der Waals surface area contributed by atoms with Crippen molar-refractivity contribution in [2.45, 2.75) is 39.3 Å². The standard InChI is InChI=1S/C10H22N2/c1-9-8-11(5)6-7-12(9)10(2,3)4/h9H,6-8H2,1-5H3/t9-/m0/s1. The lowest BCUT2D eigenvalue weighted by atomic mass is 10.0. The third kappa shape index (κ3) is 2.20. The molecule has 0 spiro atoms. The van der Waals surface area contributed by atoms with E-state index in [1.165, 1.54) is 19.6 Å². The first-order valence-electron chi connectivity index (χ1n) is 4.86. The van der Waals surface area contributed by atoms with Crippen LogP contribution in [-0.4, -0.2) is 48.1 Å². The molecule has 1 saturated heterocycles. The van der Waals surface area contributed by atoms with Crippen LogP contribution in [0.15, 0.2) is 0 Å². The molecule has 1 aliphatic rings. The lowest BCUT2D eigenvalue weighted by molar-refractivity contribution is 0.0275. The van der Waals surface area contributed by atoms with Crippen molar-refractivity contribution in [2.75, 3.05) is 26.7 Å². The van der Waals surface area contributed by atoms with Gasteiger partial charge in [-0.3, -0.25) is 4.90 Å². The van der Waals surface area contributed by atoms with Crippen LogP contribution in [0, 0.1) is 0 Å². The average molecular weight is 170 g/mol. The van der Waals surface area contributed by atoms with Gasteiger partial charge in [0.05, 0.1) is 0 Å². The first-order valence-corrected chi connectivity index (χ1v) is 4.86. The van der Waals surface area contributed by atoms with Gasteiger partial charge in [0.1, 0.15) is 0 Å². The monoisotopic (exact) mass is 170 g/mol. The number of hydrogen-bond acceptors (Lipinski definition) is 2. The van der Waals surface area contributed by atoms with Crippen LogP contribution >= 0.6 is 0 Å². The molecule has 0 unspecified atom stereocenters. The first-order chi connectivity index (χ1) is 5.41. The summed E-state index contributed by atoms with van der Waals surface area (Å²) in [5.41, 5.74) is 0.334. The lowest BCUT2D eigenvalue weighted by Crippen LogP contribution is -2.57. The van der Waals surface area contributed by atoms with Crippen molar-refractivity contribution >= 4 is 0 Å². The van der Waals surface area contributed by atoms with Gasteiger partial charge in [-0.15, -0.1) is 0 Å². The molecule has 0 aromatic carbocycles. The second-order valence-electron chi connectivity index (χ2n) is 4.98. The van der Waals surface area contributed by atoms with Gasteiger partial charge in [0.25, 0.3) is 0 Å². The van der Waals surface area contributed by atoms with Crippen molar-refractivity contribution in [3.05, 3.63) is 0 Å². The second-order valence-corrected chi connectivity index (χ2v) is 4.98. The highest BCUT2D eigenvalue weighted by molar-refractivity contribution is 4.86. The summed E-state index contributed by atoms with van der Waals surface area (Å²) in [4.78, 5) is 5.00. The van der Waals surface area contributed by atoms with E-state index in [1.807, 2.05) is 0 Å². The third-order valence-corrected chi connectivity index (χ3v) is 2.69. The van der Waals surface area contributed by atoms with Gasteiger partial charge < -0.3 is 4.90 Å². The van der Waals surface area contributed by atoms with E-state index < -0.39 is 0 Å². The van der Waals surface area contributed by atoms with Crippen LogP contribution in [0.25, 0.3) is 0 Å². The van der Waals surface area contributed by atoms with Crippen LogP contribution < -0.4 is 0 Å². The predicted molar refractivity (Wildman–Crippen MR) is 53.4 cm³/mol. The van der Waals surface area contributed by atoms with Crippen molar-refractivity contribution in [3.8, 4) is 0 Å². The molecule has 0 aliphatic carbocycles. The van der Waals surface area contributed by atoms with Crippen molar-refractivity contribution in [1.29, 1.82) is 0 Å². The highest BCUT2D eigenvalue weighted by atomic mass is 15.3. The Bertz CT molecular complexity index is 148. The summed E-state index contributed by atoms with van der Waals surface area (Å²) in [6.07, 6.45) is 0. The Balaban J connectivity index is 2.57. The summed E-state index contributed by atoms with van der Waals surface area (Å²) < 4.78 is 0. The van der Waals surface area contributed by atoms with Gasteiger partial charge in [-0.1, -0.05) is 0 Å². The summed E-state index contributed by atoms with van der Waals surface area (Å²) in [6.45, 7) is 12.8. The maximum absolute atomic E-state index is 2.59. The summed E-state index contributed by atoms with van der Waals surface area (Å²) in [6, 6.07) is 0.698. The summed E-state index contributed by atoms with van der Waals surface area (Å²) in [7, 11) is 2.20. The maximum Gasteiger partial charge on any atom is 0.0200 e. The van der Waals surface area contributed by atoms with Gasteiger partial charge in [-0.05, 0) is 34.7 Å². The summed E-state index contributed by atoms with van der Waals surface area (Å²) in [5.74, 6) is 0. The number of nitrogens with zero attached hydrogens (tertiary/aromatic N) is 2. The fraction of sp³-hybridized carbons (Fsp3) is 1.00. The molecule has 0 amide bonds. The van der Waals surface area contributed by atoms with Gasteiger partial charge >= 0.3 is 0 Å². The van der Waals surface area contributed by atoms with Crippen molar-refractivity contribution < 1.29 is 0 Å². The molecule has 1 fully saturated rings. The Morgan fingerprint density at radius 3 is 2.17 bits per heavy atom. The Labute approximate surface area is 76.5 Å². The molecule has 0 aromatic heterocycles. The molecule has 0 bridgehead atoms. The molecule has 2 nitrogen and oxygen atoms in total. The van der Waals surface area contributed by atoms with Crippen LogP contribution in [0.1, 0.15) is 27.7 Å². The molecule has 0 radical (unpaired) electrons. The second kappa shape index (κ2) is 3.35. The fourth-order valence-corrected chi connectivity index (χ4v) is 2.14. The highest BCUT2D eigenvalue weighted by Crippen LogP contribution is 2.19. The zero-order valence-electron chi connectivity index (χ0n) is 9.09. The predicted octanol–water partition coefficient (Wildman–Crippen LogP) is 1.42. The zero-order chi connectivity index (χ0) is 9.35. The Morgan fingerprint density at radius 2 is 1.75 bits per heavy atom. The van der Waals surface area contributed by atoms with Crippen molar-refractivity contribution in [3.63, 3.8) is 0 Å². The zero-order valence-corrected chi connectivity index (χ0v) is 9.09. The topological polar surface area (TPSA) is 6.48 Å². The van der Waals surface area contributed by atoms with Crippen LogP contribution in [0.5, 0.6) is 0 Å². The molecule has 0 saturated carbocycles. The lowest BCUT2D eigenvalue weighted by Gasteiger charge is -2.45. The largest absolute Gasteiger partial charge is 0.304 e. The molecule has 0 N–H and O–H groups in total. The number of hydrogen-bond donors (Lipinski definition) is 0. The van der Waals surface area contributed by atoms with E-state index in [9.17, 15) is 0 Å². The molecule has 72 valence electrons. The van der Waals surface area contributed by atoms with Gasteiger partial charge in [-0.25, -0.2) is 0 Å². The van der Waals surface area contributed by atoms with Gasteiger partial charge in [0, 0.05) is 31.2 Å². The molecule has 1 aliphatic heterocycles. The number of piperazine rings is 1. The van der Waals surface area contributed by atoms with E-state index in [1.54, 1.807) is 0 Å². The number of likely N-dealkylation sites (N-methyl/N-ethyl adjacent to an activating group) is 1. The first kappa shape index (κ1) is 10.0.